The van der Waals surface area contributed by atoms with Crippen LogP contribution in [0.15, 0.2) is 42.7 Å². The van der Waals surface area contributed by atoms with E-state index in [1.165, 1.54) is 9.47 Å². The Morgan fingerprint density at radius 3 is 2.32 bits per heavy atom. The minimum atomic E-state index is -0.889. The molecule has 7 heteroatoms. The van der Waals surface area contributed by atoms with E-state index < -0.39 is 23.3 Å². The van der Waals surface area contributed by atoms with Gasteiger partial charge in [0.1, 0.15) is 5.60 Å². The first-order valence-electron chi connectivity index (χ1n) is 9.38. The molecule has 0 saturated carbocycles. The zero-order chi connectivity index (χ0) is 20.5. The normalized spacial score (nSPS) is 20.4. The Labute approximate surface area is 164 Å². The van der Waals surface area contributed by atoms with Gasteiger partial charge in [0, 0.05) is 39.1 Å². The molecule has 2 heterocycles. The molecule has 1 aromatic carbocycles. The molecular weight excluding hydrogens is 364 g/mol. The van der Waals surface area contributed by atoms with Crippen molar-refractivity contribution in [1.82, 2.24) is 14.4 Å². The number of aromatic nitrogens is 1. The van der Waals surface area contributed by atoms with E-state index in [4.69, 9.17) is 4.74 Å². The number of ether oxygens (including phenoxy) is 1. The second-order valence-corrected chi connectivity index (χ2v) is 8.31. The lowest BCUT2D eigenvalue weighted by molar-refractivity contribution is 0.0200. The molecule has 0 spiro atoms. The third-order valence-electron chi connectivity index (χ3n) is 4.90. The number of rotatable bonds is 4. The largest absolute Gasteiger partial charge is 0.444 e. The summed E-state index contributed by atoms with van der Waals surface area (Å²) in [5.74, 6) is -1.78. The lowest BCUT2D eigenvalue weighted by atomic mass is 10.1. The quantitative estimate of drug-likeness (QED) is 0.789. The predicted octanol–water partition coefficient (Wildman–Crippen LogP) is 4.06. The van der Waals surface area contributed by atoms with Gasteiger partial charge in [-0.15, -0.1) is 0 Å². The van der Waals surface area contributed by atoms with E-state index in [1.54, 1.807) is 7.05 Å². The summed E-state index contributed by atoms with van der Waals surface area (Å²) < 4.78 is 34.3. The fourth-order valence-corrected chi connectivity index (χ4v) is 3.57. The SMILES string of the molecule is CN(C(=O)OC(C)(C)C)[C@@H]1CN(Cc2ccccc2)C[C@H]1n1cc(F)c(F)c1. The molecule has 1 saturated heterocycles. The fraction of sp³-hybridized carbons (Fsp3) is 0.476. The van der Waals surface area contributed by atoms with Gasteiger partial charge in [0.05, 0.1) is 12.1 Å². The van der Waals surface area contributed by atoms with Gasteiger partial charge in [-0.05, 0) is 26.3 Å². The number of benzene rings is 1. The summed E-state index contributed by atoms with van der Waals surface area (Å²) in [7, 11) is 1.67. The van der Waals surface area contributed by atoms with E-state index in [0.29, 0.717) is 19.6 Å². The third-order valence-corrected chi connectivity index (χ3v) is 4.90. The summed E-state index contributed by atoms with van der Waals surface area (Å²) in [6.07, 6.45) is 1.86. The van der Waals surface area contributed by atoms with Crippen LogP contribution < -0.4 is 0 Å². The Morgan fingerprint density at radius 2 is 1.75 bits per heavy atom. The molecule has 1 fully saturated rings. The second kappa shape index (κ2) is 7.91. The van der Waals surface area contributed by atoms with Gasteiger partial charge in [-0.1, -0.05) is 30.3 Å². The fourth-order valence-electron chi connectivity index (χ4n) is 3.57. The maximum absolute atomic E-state index is 13.6. The first kappa shape index (κ1) is 20.3. The topological polar surface area (TPSA) is 37.7 Å². The van der Waals surface area contributed by atoms with Crippen LogP contribution in [0, 0.1) is 11.6 Å². The molecule has 3 rings (SSSR count). The van der Waals surface area contributed by atoms with E-state index in [-0.39, 0.29) is 12.1 Å². The van der Waals surface area contributed by atoms with Crippen LogP contribution in [0.4, 0.5) is 13.6 Å². The third kappa shape index (κ3) is 4.70. The number of halogens is 2. The molecule has 0 aliphatic carbocycles. The Bertz CT molecular complexity index is 797. The van der Waals surface area contributed by atoms with Crippen LogP contribution in [0.2, 0.25) is 0 Å². The van der Waals surface area contributed by atoms with E-state index >= 15 is 0 Å². The van der Waals surface area contributed by atoms with Gasteiger partial charge in [-0.2, -0.15) is 0 Å². The van der Waals surface area contributed by atoms with E-state index in [2.05, 4.69) is 4.90 Å². The summed E-state index contributed by atoms with van der Waals surface area (Å²) >= 11 is 0. The van der Waals surface area contributed by atoms with Crippen molar-refractivity contribution in [3.63, 3.8) is 0 Å². The molecule has 0 N–H and O–H groups in total. The van der Waals surface area contributed by atoms with Crippen LogP contribution in [-0.2, 0) is 11.3 Å². The number of nitrogens with zero attached hydrogens (tertiary/aromatic N) is 3. The summed E-state index contributed by atoms with van der Waals surface area (Å²) in [5.41, 5.74) is 0.529. The highest BCUT2D eigenvalue weighted by atomic mass is 19.2. The molecule has 2 atom stereocenters. The number of hydrogen-bond donors (Lipinski definition) is 0. The van der Waals surface area contributed by atoms with Gasteiger partial charge in [0.2, 0.25) is 0 Å². The number of hydrogen-bond acceptors (Lipinski definition) is 3. The first-order valence-corrected chi connectivity index (χ1v) is 9.38. The molecule has 1 aliphatic rings. The van der Waals surface area contributed by atoms with Crippen LogP contribution in [0.1, 0.15) is 32.4 Å². The molecule has 1 amide bonds. The predicted molar refractivity (Wildman–Crippen MR) is 103 cm³/mol. The van der Waals surface area contributed by atoms with Gasteiger partial charge in [-0.25, -0.2) is 13.6 Å². The summed E-state index contributed by atoms with van der Waals surface area (Å²) in [6, 6.07) is 9.43. The lowest BCUT2D eigenvalue weighted by Crippen LogP contribution is -2.45. The molecular formula is C21H27F2N3O2. The second-order valence-electron chi connectivity index (χ2n) is 8.31. The molecule has 2 aromatic rings. The molecule has 28 heavy (non-hydrogen) atoms. The number of likely N-dealkylation sites (tertiary alicyclic amines) is 1. The summed E-state index contributed by atoms with van der Waals surface area (Å²) in [4.78, 5) is 16.3. The van der Waals surface area contributed by atoms with Crippen LogP contribution in [0.5, 0.6) is 0 Å². The van der Waals surface area contributed by atoms with E-state index in [1.807, 2.05) is 51.1 Å². The zero-order valence-electron chi connectivity index (χ0n) is 16.7. The highest BCUT2D eigenvalue weighted by Gasteiger charge is 2.39. The summed E-state index contributed by atoms with van der Waals surface area (Å²) in [6.45, 7) is 7.27. The molecule has 0 unspecified atom stereocenters. The molecule has 1 aromatic heterocycles. The molecule has 1 aliphatic heterocycles. The Hall–Kier alpha value is -2.41. The Kier molecular flexibility index (Phi) is 5.74. The van der Waals surface area contributed by atoms with Crippen LogP contribution in [0.25, 0.3) is 0 Å². The van der Waals surface area contributed by atoms with Crippen LogP contribution >= 0.6 is 0 Å². The number of amides is 1. The van der Waals surface area contributed by atoms with E-state index in [0.717, 1.165) is 18.0 Å². The molecule has 152 valence electrons. The smallest absolute Gasteiger partial charge is 0.410 e. The van der Waals surface area contributed by atoms with Crippen molar-refractivity contribution in [2.75, 3.05) is 20.1 Å². The number of carbonyl (C=O) groups is 1. The van der Waals surface area contributed by atoms with Gasteiger partial charge in [0.15, 0.2) is 11.6 Å². The maximum atomic E-state index is 13.6. The highest BCUT2D eigenvalue weighted by molar-refractivity contribution is 5.68. The monoisotopic (exact) mass is 391 g/mol. The number of carbonyl (C=O) groups excluding carboxylic acids is 1. The van der Waals surface area contributed by atoms with Gasteiger partial charge >= 0.3 is 6.09 Å². The minimum absolute atomic E-state index is 0.273. The van der Waals surface area contributed by atoms with Crippen molar-refractivity contribution < 1.29 is 18.3 Å². The number of likely N-dealkylation sites (N-methyl/N-ethyl adjacent to an activating group) is 1. The van der Waals surface area contributed by atoms with E-state index in [9.17, 15) is 13.6 Å². The average Bonchev–Trinajstić information content (AvgIpc) is 3.17. The van der Waals surface area contributed by atoms with Crippen LogP contribution in [0.3, 0.4) is 0 Å². The van der Waals surface area contributed by atoms with Crippen molar-refractivity contribution >= 4 is 6.09 Å². The minimum Gasteiger partial charge on any atom is -0.444 e. The zero-order valence-corrected chi connectivity index (χ0v) is 16.7. The highest BCUT2D eigenvalue weighted by Crippen LogP contribution is 2.29. The summed E-state index contributed by atoms with van der Waals surface area (Å²) in [5, 5.41) is 0. The molecule has 0 radical (unpaired) electrons. The van der Waals surface area contributed by atoms with Crippen molar-refractivity contribution in [3.05, 3.63) is 59.9 Å². The van der Waals surface area contributed by atoms with Gasteiger partial charge in [0.25, 0.3) is 0 Å². The Morgan fingerprint density at radius 1 is 1.14 bits per heavy atom. The van der Waals surface area contributed by atoms with Gasteiger partial charge in [-0.3, -0.25) is 4.90 Å². The lowest BCUT2D eigenvalue weighted by Gasteiger charge is -2.31. The Balaban J connectivity index is 1.82. The maximum Gasteiger partial charge on any atom is 0.410 e. The van der Waals surface area contributed by atoms with Crippen molar-refractivity contribution in [3.8, 4) is 0 Å². The van der Waals surface area contributed by atoms with Crippen molar-refractivity contribution in [2.45, 2.75) is 45.0 Å². The van der Waals surface area contributed by atoms with Crippen LogP contribution in [-0.4, -0.2) is 52.2 Å². The molecule has 5 nitrogen and oxygen atoms in total. The molecule has 0 bridgehead atoms. The van der Waals surface area contributed by atoms with Gasteiger partial charge < -0.3 is 14.2 Å². The standard InChI is InChI=1S/C21H27F2N3O2/c1-21(2,3)28-20(27)24(4)18-13-25(10-15-8-6-5-7-9-15)14-19(18)26-11-16(22)17(23)12-26/h5-9,11-12,18-19H,10,13-14H2,1-4H3/t18-,19-/m1/s1. The van der Waals surface area contributed by atoms with Crippen molar-refractivity contribution in [2.24, 2.45) is 0 Å². The van der Waals surface area contributed by atoms with Crippen molar-refractivity contribution in [1.29, 1.82) is 0 Å². The first-order chi connectivity index (χ1) is 13.1. The average molecular weight is 391 g/mol.